The Kier molecular flexibility index (Phi) is 4.97. The number of ether oxygens (including phenoxy) is 1. The number of nitrogens with zero attached hydrogens (tertiary/aromatic N) is 1. The molecule has 0 spiro atoms. The zero-order valence-electron chi connectivity index (χ0n) is 10.9. The summed E-state index contributed by atoms with van der Waals surface area (Å²) < 4.78 is 5.33. The Balaban J connectivity index is 2.05. The summed E-state index contributed by atoms with van der Waals surface area (Å²) in [5.74, 6) is 5.85. The van der Waals surface area contributed by atoms with Crippen LogP contribution in [0.4, 0.5) is 0 Å². The van der Waals surface area contributed by atoms with Crippen LogP contribution in [-0.4, -0.2) is 48.3 Å². The van der Waals surface area contributed by atoms with Crippen LogP contribution >= 0.6 is 11.3 Å². The summed E-state index contributed by atoms with van der Waals surface area (Å²) in [7, 11) is 0. The number of hydrogen-bond donors (Lipinski definition) is 1. The Morgan fingerprint density at radius 2 is 2.53 bits per heavy atom. The van der Waals surface area contributed by atoms with E-state index in [9.17, 15) is 4.79 Å². The molecule has 0 aliphatic carbocycles. The van der Waals surface area contributed by atoms with Crippen LogP contribution in [0.25, 0.3) is 0 Å². The third kappa shape index (κ3) is 3.57. The lowest BCUT2D eigenvalue weighted by molar-refractivity contribution is 0.00362. The predicted molar refractivity (Wildman–Crippen MR) is 74.2 cm³/mol. The quantitative estimate of drug-likeness (QED) is 0.831. The zero-order valence-corrected chi connectivity index (χ0v) is 11.7. The normalized spacial score (nSPS) is 18.8. The molecular weight excluding hydrogens is 262 g/mol. The summed E-state index contributed by atoms with van der Waals surface area (Å²) in [5.41, 5.74) is 0.687. The smallest absolute Gasteiger partial charge is 0.255 e. The minimum atomic E-state index is 0.0438. The molecule has 1 aromatic heterocycles. The Labute approximate surface area is 117 Å². The molecule has 1 fully saturated rings. The van der Waals surface area contributed by atoms with Crippen molar-refractivity contribution in [2.45, 2.75) is 19.4 Å². The molecule has 1 saturated heterocycles. The van der Waals surface area contributed by atoms with Crippen molar-refractivity contribution in [2.24, 2.45) is 0 Å². The van der Waals surface area contributed by atoms with Gasteiger partial charge in [-0.25, -0.2) is 0 Å². The molecular formula is C14H17NO3S. The van der Waals surface area contributed by atoms with E-state index in [0.29, 0.717) is 31.7 Å². The molecule has 4 nitrogen and oxygen atoms in total. The lowest BCUT2D eigenvalue weighted by Crippen LogP contribution is -2.46. The summed E-state index contributed by atoms with van der Waals surface area (Å²) in [6.45, 7) is 3.89. The van der Waals surface area contributed by atoms with Gasteiger partial charge in [0.25, 0.3) is 5.91 Å². The number of rotatable bonds is 2. The maximum atomic E-state index is 12.3. The topological polar surface area (TPSA) is 49.8 Å². The van der Waals surface area contributed by atoms with Crippen molar-refractivity contribution in [2.75, 3.05) is 26.4 Å². The highest BCUT2D eigenvalue weighted by Gasteiger charge is 2.25. The molecule has 1 amide bonds. The van der Waals surface area contributed by atoms with E-state index in [4.69, 9.17) is 9.84 Å². The van der Waals surface area contributed by atoms with Gasteiger partial charge in [0.1, 0.15) is 0 Å². The van der Waals surface area contributed by atoms with Gasteiger partial charge in [-0.15, -0.1) is 11.3 Å². The lowest BCUT2D eigenvalue weighted by atomic mass is 10.2. The first kappa shape index (κ1) is 14.1. The summed E-state index contributed by atoms with van der Waals surface area (Å²) in [5, 5.41) is 10.5. The number of aliphatic hydroxyl groups is 1. The second-order valence-corrected chi connectivity index (χ2v) is 5.31. The Morgan fingerprint density at radius 1 is 1.68 bits per heavy atom. The largest absolute Gasteiger partial charge is 0.395 e. The van der Waals surface area contributed by atoms with Crippen molar-refractivity contribution in [3.05, 3.63) is 21.9 Å². The fourth-order valence-electron chi connectivity index (χ4n) is 1.91. The van der Waals surface area contributed by atoms with Crippen LogP contribution in [0, 0.1) is 11.8 Å². The average molecular weight is 279 g/mol. The van der Waals surface area contributed by atoms with E-state index in [2.05, 4.69) is 11.8 Å². The van der Waals surface area contributed by atoms with Crippen molar-refractivity contribution >= 4 is 17.2 Å². The Morgan fingerprint density at radius 3 is 3.26 bits per heavy atom. The number of thiophene rings is 1. The summed E-state index contributed by atoms with van der Waals surface area (Å²) in [6.07, 6.45) is 0.460. The van der Waals surface area contributed by atoms with Crippen molar-refractivity contribution in [3.63, 3.8) is 0 Å². The Hall–Kier alpha value is -1.35. The van der Waals surface area contributed by atoms with Gasteiger partial charge < -0.3 is 14.7 Å². The monoisotopic (exact) mass is 279 g/mol. The highest BCUT2D eigenvalue weighted by Crippen LogP contribution is 2.18. The maximum absolute atomic E-state index is 12.3. The van der Waals surface area contributed by atoms with E-state index in [1.807, 2.05) is 23.3 Å². The van der Waals surface area contributed by atoms with Crippen molar-refractivity contribution in [1.29, 1.82) is 0 Å². The van der Waals surface area contributed by atoms with Crippen molar-refractivity contribution in [1.82, 2.24) is 4.90 Å². The second kappa shape index (κ2) is 6.71. The molecule has 1 atom stereocenters. The first-order valence-corrected chi connectivity index (χ1v) is 7.17. The molecule has 1 unspecified atom stereocenters. The SMILES string of the molecule is CC1COCCN1C(=O)c1csc(C#CCCO)c1. The van der Waals surface area contributed by atoms with Crippen LogP contribution in [0.1, 0.15) is 28.6 Å². The molecule has 102 valence electrons. The standard InChI is InChI=1S/C14H17NO3S/c1-11-9-18-7-5-15(11)14(17)12-8-13(19-10-12)4-2-3-6-16/h8,10-11,16H,3,5-7,9H2,1H3. The molecule has 0 radical (unpaired) electrons. The molecule has 2 heterocycles. The minimum Gasteiger partial charge on any atom is -0.395 e. The fourth-order valence-corrected chi connectivity index (χ4v) is 2.66. The van der Waals surface area contributed by atoms with E-state index < -0.39 is 0 Å². The van der Waals surface area contributed by atoms with Gasteiger partial charge in [0.15, 0.2) is 0 Å². The van der Waals surface area contributed by atoms with Gasteiger partial charge in [-0.05, 0) is 13.0 Å². The van der Waals surface area contributed by atoms with E-state index >= 15 is 0 Å². The van der Waals surface area contributed by atoms with Crippen LogP contribution in [0.5, 0.6) is 0 Å². The van der Waals surface area contributed by atoms with E-state index in [-0.39, 0.29) is 18.6 Å². The number of carbonyl (C=O) groups excluding carboxylic acids is 1. The molecule has 0 bridgehead atoms. The van der Waals surface area contributed by atoms with Gasteiger partial charge in [-0.3, -0.25) is 4.79 Å². The number of amides is 1. The third-order valence-corrected chi connectivity index (χ3v) is 3.77. The number of morpholine rings is 1. The third-order valence-electron chi connectivity index (χ3n) is 2.92. The molecule has 5 heteroatoms. The summed E-state index contributed by atoms with van der Waals surface area (Å²) in [4.78, 5) is 15.0. The van der Waals surface area contributed by atoms with E-state index in [1.54, 1.807) is 0 Å². The molecule has 19 heavy (non-hydrogen) atoms. The molecule has 0 saturated carbocycles. The highest BCUT2D eigenvalue weighted by molar-refractivity contribution is 7.10. The van der Waals surface area contributed by atoms with Crippen LogP contribution in [-0.2, 0) is 4.74 Å². The van der Waals surface area contributed by atoms with Crippen LogP contribution in [0.2, 0.25) is 0 Å². The molecule has 1 N–H and O–H groups in total. The predicted octanol–water partition coefficient (Wildman–Crippen LogP) is 1.34. The van der Waals surface area contributed by atoms with Gasteiger partial charge >= 0.3 is 0 Å². The molecule has 1 aromatic rings. The summed E-state index contributed by atoms with van der Waals surface area (Å²) >= 11 is 1.46. The average Bonchev–Trinajstić information content (AvgIpc) is 2.88. The van der Waals surface area contributed by atoms with Gasteiger partial charge in [0.2, 0.25) is 0 Å². The Bertz CT molecular complexity index is 500. The number of aliphatic hydroxyl groups excluding tert-OH is 1. The highest BCUT2D eigenvalue weighted by atomic mass is 32.1. The second-order valence-electron chi connectivity index (χ2n) is 4.40. The van der Waals surface area contributed by atoms with Gasteiger partial charge in [0.05, 0.1) is 36.3 Å². The lowest BCUT2D eigenvalue weighted by Gasteiger charge is -2.33. The zero-order chi connectivity index (χ0) is 13.7. The van der Waals surface area contributed by atoms with Gasteiger partial charge in [-0.2, -0.15) is 0 Å². The van der Waals surface area contributed by atoms with Crippen molar-refractivity contribution < 1.29 is 14.6 Å². The summed E-state index contributed by atoms with van der Waals surface area (Å²) in [6, 6.07) is 1.93. The molecule has 1 aliphatic heterocycles. The van der Waals surface area contributed by atoms with Crippen LogP contribution < -0.4 is 0 Å². The molecule has 1 aliphatic rings. The van der Waals surface area contributed by atoms with Crippen molar-refractivity contribution in [3.8, 4) is 11.8 Å². The molecule has 0 aromatic carbocycles. The van der Waals surface area contributed by atoms with Crippen LogP contribution in [0.3, 0.4) is 0 Å². The maximum Gasteiger partial charge on any atom is 0.255 e. The van der Waals surface area contributed by atoms with E-state index in [1.165, 1.54) is 11.3 Å². The first-order valence-electron chi connectivity index (χ1n) is 6.29. The molecule has 2 rings (SSSR count). The van der Waals surface area contributed by atoms with Gasteiger partial charge in [0, 0.05) is 18.3 Å². The number of hydrogen-bond acceptors (Lipinski definition) is 4. The number of carbonyl (C=O) groups is 1. The first-order chi connectivity index (χ1) is 9.22. The fraction of sp³-hybridized carbons (Fsp3) is 0.500. The van der Waals surface area contributed by atoms with E-state index in [0.717, 1.165) is 4.88 Å². The van der Waals surface area contributed by atoms with Crippen LogP contribution in [0.15, 0.2) is 11.4 Å². The minimum absolute atomic E-state index is 0.0438. The van der Waals surface area contributed by atoms with Gasteiger partial charge in [-0.1, -0.05) is 11.8 Å².